The zero-order chi connectivity index (χ0) is 26.5. The van der Waals surface area contributed by atoms with Gasteiger partial charge >= 0.3 is 6.02 Å². The molecular weight excluding hydrogens is 497 g/mol. The number of aromatic amines is 1. The first-order chi connectivity index (χ1) is 17.9. The summed E-state index contributed by atoms with van der Waals surface area (Å²) >= 11 is 6.16. The summed E-state index contributed by atoms with van der Waals surface area (Å²) in [6.45, 7) is 7.03. The molecule has 37 heavy (non-hydrogen) atoms. The maximum absolute atomic E-state index is 15.3. The number of rotatable bonds is 7. The molecule has 0 bridgehead atoms. The Hall–Kier alpha value is -4.15. The fourth-order valence-corrected chi connectivity index (χ4v) is 4.03. The summed E-state index contributed by atoms with van der Waals surface area (Å²) in [6.07, 6.45) is 5.82. The number of amidine groups is 1. The van der Waals surface area contributed by atoms with Crippen molar-refractivity contribution in [1.29, 1.82) is 0 Å². The number of benzene rings is 1. The molecule has 0 fully saturated rings. The molecule has 0 atom stereocenters. The lowest BCUT2D eigenvalue weighted by Crippen LogP contribution is -2.06. The second-order valence-electron chi connectivity index (χ2n) is 8.08. The van der Waals surface area contributed by atoms with Gasteiger partial charge in [0.1, 0.15) is 22.9 Å². The first-order valence-electron chi connectivity index (χ1n) is 11.4. The van der Waals surface area contributed by atoms with E-state index in [-0.39, 0.29) is 24.2 Å². The summed E-state index contributed by atoms with van der Waals surface area (Å²) in [5, 5.41) is 10.2. The van der Waals surface area contributed by atoms with Crippen molar-refractivity contribution in [2.24, 2.45) is 9.98 Å². The molecular formula is C26H25ClFN7O2. The average Bonchev–Trinajstić information content (AvgIpc) is 3.28. The number of H-pyrrole nitrogens is 1. The number of aromatic nitrogens is 4. The molecule has 3 aromatic heterocycles. The van der Waals surface area contributed by atoms with Gasteiger partial charge in [0.25, 0.3) is 0 Å². The van der Waals surface area contributed by atoms with E-state index < -0.39 is 5.82 Å². The molecule has 0 saturated heterocycles. The minimum absolute atomic E-state index is 0.0163. The molecule has 0 aliphatic carbocycles. The summed E-state index contributed by atoms with van der Waals surface area (Å²) in [4.78, 5) is 23.9. The van der Waals surface area contributed by atoms with Crippen LogP contribution in [0.5, 0.6) is 5.75 Å². The smallest absolute Gasteiger partial charge is 0.321 e. The summed E-state index contributed by atoms with van der Waals surface area (Å²) in [6, 6.07) is 6.16. The summed E-state index contributed by atoms with van der Waals surface area (Å²) in [5.41, 5.74) is 10.7. The number of aliphatic hydroxyl groups excluding tert-OH is 1. The van der Waals surface area contributed by atoms with Gasteiger partial charge in [-0.3, -0.25) is 0 Å². The lowest BCUT2D eigenvalue weighted by Gasteiger charge is -2.12. The minimum atomic E-state index is -0.641. The van der Waals surface area contributed by atoms with Gasteiger partial charge in [0.05, 0.1) is 11.1 Å². The monoisotopic (exact) mass is 521 g/mol. The van der Waals surface area contributed by atoms with Crippen LogP contribution in [0.15, 0.2) is 58.5 Å². The Kier molecular flexibility index (Phi) is 7.90. The molecule has 0 unspecified atom stereocenters. The van der Waals surface area contributed by atoms with E-state index in [1.54, 1.807) is 31.3 Å². The van der Waals surface area contributed by atoms with Crippen LogP contribution >= 0.6 is 11.6 Å². The number of hydrogen-bond acceptors (Lipinski definition) is 7. The van der Waals surface area contributed by atoms with Crippen LogP contribution in [0.4, 0.5) is 10.2 Å². The maximum Gasteiger partial charge on any atom is 0.321 e. The highest BCUT2D eigenvalue weighted by molar-refractivity contribution is 6.29. The van der Waals surface area contributed by atoms with E-state index in [4.69, 9.17) is 22.1 Å². The van der Waals surface area contributed by atoms with Crippen LogP contribution < -0.4 is 10.5 Å². The molecule has 0 aliphatic heterocycles. The number of aliphatic hydroxyl groups is 1. The first kappa shape index (κ1) is 25.9. The van der Waals surface area contributed by atoms with Gasteiger partial charge in [-0.15, -0.1) is 0 Å². The molecule has 1 aromatic carbocycles. The van der Waals surface area contributed by atoms with Gasteiger partial charge in [0.2, 0.25) is 0 Å². The van der Waals surface area contributed by atoms with E-state index in [2.05, 4.69) is 36.6 Å². The minimum Gasteiger partial charge on any atom is -0.421 e. The Morgan fingerprint density at radius 1 is 1.30 bits per heavy atom. The Balaban J connectivity index is 1.88. The largest absolute Gasteiger partial charge is 0.421 e. The first-order valence-corrected chi connectivity index (χ1v) is 11.8. The number of anilines is 1. The quantitative estimate of drug-likeness (QED) is 0.170. The van der Waals surface area contributed by atoms with Gasteiger partial charge < -0.3 is 20.6 Å². The van der Waals surface area contributed by atoms with E-state index >= 15 is 4.39 Å². The van der Waals surface area contributed by atoms with Crippen LogP contribution in [0.1, 0.15) is 25.8 Å². The molecule has 0 spiro atoms. The number of aliphatic imine (C=N–C) groups is 2. The third-order valence-corrected chi connectivity index (χ3v) is 5.90. The van der Waals surface area contributed by atoms with Crippen LogP contribution in [0.2, 0.25) is 5.15 Å². The van der Waals surface area contributed by atoms with Crippen molar-refractivity contribution >= 4 is 41.2 Å². The highest BCUT2D eigenvalue weighted by Crippen LogP contribution is 2.42. The topological polar surface area (TPSA) is 135 Å². The van der Waals surface area contributed by atoms with Crippen LogP contribution in [0, 0.1) is 5.82 Å². The predicted molar refractivity (Wildman–Crippen MR) is 144 cm³/mol. The molecule has 0 radical (unpaired) electrons. The van der Waals surface area contributed by atoms with Gasteiger partial charge in [-0.25, -0.2) is 29.3 Å². The third-order valence-electron chi connectivity index (χ3n) is 5.70. The molecule has 0 aliphatic rings. The summed E-state index contributed by atoms with van der Waals surface area (Å²) in [7, 11) is 0. The number of hydrogen-bond donors (Lipinski definition) is 3. The molecule has 0 saturated carbocycles. The molecule has 4 aromatic rings. The number of aryl methyl sites for hydroxylation is 1. The van der Waals surface area contributed by atoms with Crippen LogP contribution in [0.25, 0.3) is 33.4 Å². The van der Waals surface area contributed by atoms with E-state index in [1.807, 2.05) is 6.92 Å². The number of nitrogens with two attached hydrogens (primary N) is 1. The van der Waals surface area contributed by atoms with Crippen molar-refractivity contribution in [3.8, 4) is 28.1 Å². The number of halogens is 2. The second kappa shape index (κ2) is 11.3. The molecule has 3 heterocycles. The number of pyridine rings is 1. The van der Waals surface area contributed by atoms with Crippen molar-refractivity contribution < 1.29 is 14.2 Å². The van der Waals surface area contributed by atoms with Gasteiger partial charge in [0.15, 0.2) is 11.6 Å². The number of allylic oxidation sites excluding steroid dienone is 2. The summed E-state index contributed by atoms with van der Waals surface area (Å²) in [5.74, 6) is -0.479. The van der Waals surface area contributed by atoms with Gasteiger partial charge in [-0.2, -0.15) is 0 Å². The summed E-state index contributed by atoms with van der Waals surface area (Å²) < 4.78 is 20.8. The van der Waals surface area contributed by atoms with Crippen molar-refractivity contribution in [3.05, 3.63) is 65.1 Å². The Morgan fingerprint density at radius 2 is 2.11 bits per heavy atom. The van der Waals surface area contributed by atoms with Crippen LogP contribution in [0.3, 0.4) is 0 Å². The van der Waals surface area contributed by atoms with Gasteiger partial charge in [-0.05, 0) is 62.7 Å². The maximum atomic E-state index is 15.3. The standard InChI is InChI=1S/C26H25ClFN7O2/c1-4-14(2)34-26(30-3)37-19-8-7-16(10-18(19)28)21-22-24(29)32-13-33-25(22)35-23(21)17-12-31-20(27)11-15(17)6-5-9-36/h4,7-8,10-13,36H,3,5-6,9H2,1-2H3,(H3,29,32,33,35)/b14-4-,34-26?. The van der Waals surface area contributed by atoms with Gasteiger partial charge in [0, 0.05) is 29.6 Å². The Morgan fingerprint density at radius 3 is 2.81 bits per heavy atom. The highest BCUT2D eigenvalue weighted by atomic mass is 35.5. The SMILES string of the molecule is C=NC(=N/C(C)=C\C)Oc1ccc(-c2c(-c3cnc(Cl)cc3CCCO)[nH]c3ncnc(N)c23)cc1F. The molecule has 0 amide bonds. The van der Waals surface area contributed by atoms with Crippen molar-refractivity contribution in [2.45, 2.75) is 26.7 Å². The fourth-order valence-electron chi connectivity index (χ4n) is 3.85. The number of ether oxygens (including phenoxy) is 1. The molecule has 9 nitrogen and oxygen atoms in total. The third kappa shape index (κ3) is 5.50. The lowest BCUT2D eigenvalue weighted by atomic mass is 9.95. The van der Waals surface area contributed by atoms with Crippen LogP contribution in [-0.2, 0) is 6.42 Å². The Bertz CT molecular complexity index is 1530. The predicted octanol–water partition coefficient (Wildman–Crippen LogP) is 5.35. The zero-order valence-corrected chi connectivity index (χ0v) is 21.1. The van der Waals surface area contributed by atoms with Crippen molar-refractivity contribution in [1.82, 2.24) is 19.9 Å². The second-order valence-corrected chi connectivity index (χ2v) is 8.47. The normalized spacial score (nSPS) is 12.2. The average molecular weight is 522 g/mol. The van der Waals surface area contributed by atoms with Crippen LogP contribution in [-0.4, -0.2) is 44.4 Å². The van der Waals surface area contributed by atoms with E-state index in [1.165, 1.54) is 18.5 Å². The molecule has 11 heteroatoms. The number of nitrogen functional groups attached to an aromatic ring is 1. The Labute approximate surface area is 217 Å². The number of nitrogens with one attached hydrogen (secondary N) is 1. The van der Waals surface area contributed by atoms with E-state index in [9.17, 15) is 5.11 Å². The van der Waals surface area contributed by atoms with Crippen molar-refractivity contribution in [3.63, 3.8) is 0 Å². The van der Waals surface area contributed by atoms with Gasteiger partial charge in [-0.1, -0.05) is 23.7 Å². The highest BCUT2D eigenvalue weighted by Gasteiger charge is 2.22. The number of nitrogens with zero attached hydrogens (tertiary/aromatic N) is 5. The molecule has 4 N–H and O–H groups in total. The lowest BCUT2D eigenvalue weighted by molar-refractivity contribution is 0.288. The zero-order valence-electron chi connectivity index (χ0n) is 20.3. The fraction of sp³-hybridized carbons (Fsp3) is 0.192. The molecule has 190 valence electrons. The number of fused-ring (bicyclic) bond motifs is 1. The van der Waals surface area contributed by atoms with E-state index in [0.29, 0.717) is 51.5 Å². The molecule has 4 rings (SSSR count). The van der Waals surface area contributed by atoms with Crippen molar-refractivity contribution in [2.75, 3.05) is 12.3 Å². The van der Waals surface area contributed by atoms with E-state index in [0.717, 1.165) is 11.1 Å².